The third-order valence-electron chi connectivity index (χ3n) is 2.42. The molecule has 104 valence electrons. The lowest BCUT2D eigenvalue weighted by molar-refractivity contribution is -0.188. The van der Waals surface area contributed by atoms with Gasteiger partial charge in [0.15, 0.2) is 17.3 Å². The summed E-state index contributed by atoms with van der Waals surface area (Å²) in [7, 11) is 0. The van der Waals surface area contributed by atoms with Crippen LogP contribution in [0.25, 0.3) is 0 Å². The minimum atomic E-state index is -5.03. The molecule has 1 aliphatic rings. The Morgan fingerprint density at radius 2 is 2.00 bits per heavy atom. The number of nitrogens with one attached hydrogen (secondary N) is 1. The Kier molecular flexibility index (Phi) is 3.61. The third kappa shape index (κ3) is 3.14. The standard InChI is InChI=1S/C11H9F4NO3/c12-10(11(13,14)15)16-4-7(17)6-1-2-8-9(3-6)19-5-18-8/h1-3,10,16H,4-5H2. The van der Waals surface area contributed by atoms with Gasteiger partial charge in [0, 0.05) is 5.56 Å². The highest BCUT2D eigenvalue weighted by Gasteiger charge is 2.40. The number of alkyl halides is 4. The van der Waals surface area contributed by atoms with Crippen LogP contribution in [0.2, 0.25) is 0 Å². The van der Waals surface area contributed by atoms with Crippen molar-refractivity contribution in [1.82, 2.24) is 5.32 Å². The Hall–Kier alpha value is -1.83. The largest absolute Gasteiger partial charge is 0.454 e. The van der Waals surface area contributed by atoms with E-state index in [1.165, 1.54) is 23.5 Å². The molecular formula is C11H9F4NO3. The summed E-state index contributed by atoms with van der Waals surface area (Å²) in [5.41, 5.74) is 0.117. The summed E-state index contributed by atoms with van der Waals surface area (Å²) in [5, 5.41) is 1.48. The highest BCUT2D eigenvalue weighted by molar-refractivity contribution is 5.98. The Morgan fingerprint density at radius 1 is 1.32 bits per heavy atom. The van der Waals surface area contributed by atoms with E-state index < -0.39 is 24.8 Å². The molecule has 0 fully saturated rings. The molecule has 1 aromatic carbocycles. The summed E-state index contributed by atoms with van der Waals surface area (Å²) in [4.78, 5) is 11.6. The molecule has 1 aliphatic heterocycles. The third-order valence-corrected chi connectivity index (χ3v) is 2.42. The van der Waals surface area contributed by atoms with Crippen molar-refractivity contribution in [3.8, 4) is 11.5 Å². The summed E-state index contributed by atoms with van der Waals surface area (Å²) in [5.74, 6) is 0.104. The van der Waals surface area contributed by atoms with Crippen LogP contribution in [0.1, 0.15) is 10.4 Å². The van der Waals surface area contributed by atoms with Gasteiger partial charge in [-0.05, 0) is 18.2 Å². The molecule has 0 saturated carbocycles. The van der Waals surface area contributed by atoms with Gasteiger partial charge in [-0.15, -0.1) is 0 Å². The summed E-state index contributed by atoms with van der Waals surface area (Å²) < 4.78 is 58.3. The van der Waals surface area contributed by atoms with Gasteiger partial charge in [0.2, 0.25) is 13.1 Å². The van der Waals surface area contributed by atoms with Crippen molar-refractivity contribution >= 4 is 5.78 Å². The summed E-state index contributed by atoms with van der Waals surface area (Å²) >= 11 is 0. The first kappa shape index (κ1) is 13.6. The molecule has 1 aromatic rings. The average Bonchev–Trinajstić information content (AvgIpc) is 2.81. The fourth-order valence-electron chi connectivity index (χ4n) is 1.47. The van der Waals surface area contributed by atoms with Crippen LogP contribution in [0.5, 0.6) is 11.5 Å². The number of hydrogen-bond donors (Lipinski definition) is 1. The highest BCUT2D eigenvalue weighted by Crippen LogP contribution is 2.32. The van der Waals surface area contributed by atoms with Gasteiger partial charge >= 0.3 is 6.18 Å². The normalized spacial score (nSPS) is 15.4. The van der Waals surface area contributed by atoms with E-state index in [-0.39, 0.29) is 12.4 Å². The molecule has 1 unspecified atom stereocenters. The smallest absolute Gasteiger partial charge is 0.433 e. The minimum Gasteiger partial charge on any atom is -0.454 e. The molecule has 0 radical (unpaired) electrons. The predicted octanol–water partition coefficient (Wildman–Crippen LogP) is 2.05. The van der Waals surface area contributed by atoms with Crippen LogP contribution in [0, 0.1) is 0 Å². The SMILES string of the molecule is O=C(CNC(F)C(F)(F)F)c1ccc2c(c1)OCO2. The number of halogens is 4. The van der Waals surface area contributed by atoms with Crippen molar-refractivity contribution < 1.29 is 31.8 Å². The van der Waals surface area contributed by atoms with Crippen molar-refractivity contribution in [2.24, 2.45) is 0 Å². The van der Waals surface area contributed by atoms with E-state index in [0.29, 0.717) is 11.5 Å². The lowest BCUT2D eigenvalue weighted by Crippen LogP contribution is -2.41. The number of hydrogen-bond acceptors (Lipinski definition) is 4. The molecule has 1 heterocycles. The van der Waals surface area contributed by atoms with Crippen LogP contribution in [0.15, 0.2) is 18.2 Å². The lowest BCUT2D eigenvalue weighted by atomic mass is 10.1. The molecule has 0 aromatic heterocycles. The minimum absolute atomic E-state index is 0.0197. The van der Waals surface area contributed by atoms with Crippen molar-refractivity contribution in [3.05, 3.63) is 23.8 Å². The van der Waals surface area contributed by atoms with E-state index >= 15 is 0 Å². The van der Waals surface area contributed by atoms with Crippen LogP contribution in [-0.4, -0.2) is 31.6 Å². The first-order valence-electron chi connectivity index (χ1n) is 5.25. The van der Waals surface area contributed by atoms with Crippen LogP contribution in [0.3, 0.4) is 0 Å². The van der Waals surface area contributed by atoms with E-state index in [4.69, 9.17) is 9.47 Å². The second-order valence-corrected chi connectivity index (χ2v) is 3.78. The number of ether oxygens (including phenoxy) is 2. The Labute approximate surface area is 105 Å². The fraction of sp³-hybridized carbons (Fsp3) is 0.364. The molecule has 8 heteroatoms. The first-order chi connectivity index (χ1) is 8.88. The van der Waals surface area contributed by atoms with Crippen molar-refractivity contribution in [3.63, 3.8) is 0 Å². The van der Waals surface area contributed by atoms with Crippen LogP contribution in [0.4, 0.5) is 17.6 Å². The maximum atomic E-state index is 12.6. The average molecular weight is 279 g/mol. The molecule has 19 heavy (non-hydrogen) atoms. The Balaban J connectivity index is 1.97. The van der Waals surface area contributed by atoms with Crippen LogP contribution >= 0.6 is 0 Å². The van der Waals surface area contributed by atoms with Gasteiger partial charge in [-0.1, -0.05) is 0 Å². The molecule has 1 N–H and O–H groups in total. The van der Waals surface area contributed by atoms with Gasteiger partial charge in [0.1, 0.15) is 0 Å². The number of ketones is 1. The van der Waals surface area contributed by atoms with E-state index in [0.717, 1.165) is 0 Å². The van der Waals surface area contributed by atoms with Crippen LogP contribution in [-0.2, 0) is 0 Å². The quantitative estimate of drug-likeness (QED) is 0.520. The van der Waals surface area contributed by atoms with Gasteiger partial charge in [-0.2, -0.15) is 13.2 Å². The second-order valence-electron chi connectivity index (χ2n) is 3.78. The maximum absolute atomic E-state index is 12.6. The first-order valence-corrected chi connectivity index (χ1v) is 5.25. The number of rotatable bonds is 4. The zero-order valence-electron chi connectivity index (χ0n) is 9.46. The number of benzene rings is 1. The van der Waals surface area contributed by atoms with Crippen LogP contribution < -0.4 is 14.8 Å². The zero-order chi connectivity index (χ0) is 14.0. The zero-order valence-corrected chi connectivity index (χ0v) is 9.46. The monoisotopic (exact) mass is 279 g/mol. The summed E-state index contributed by atoms with van der Waals surface area (Å²) in [6.45, 7) is -0.744. The fourth-order valence-corrected chi connectivity index (χ4v) is 1.47. The molecular weight excluding hydrogens is 270 g/mol. The Bertz CT molecular complexity index is 489. The highest BCUT2D eigenvalue weighted by atomic mass is 19.4. The van der Waals surface area contributed by atoms with Gasteiger partial charge < -0.3 is 9.47 Å². The van der Waals surface area contributed by atoms with Crippen molar-refractivity contribution in [1.29, 1.82) is 0 Å². The number of carbonyl (C=O) groups is 1. The molecule has 4 nitrogen and oxygen atoms in total. The molecule has 2 rings (SSSR count). The maximum Gasteiger partial charge on any atom is 0.433 e. The van der Waals surface area contributed by atoms with E-state index in [9.17, 15) is 22.4 Å². The predicted molar refractivity (Wildman–Crippen MR) is 55.8 cm³/mol. The number of Topliss-reactive ketones (excluding diaryl/α,β-unsaturated/α-hetero) is 1. The van der Waals surface area contributed by atoms with Gasteiger partial charge in [0.25, 0.3) is 0 Å². The van der Waals surface area contributed by atoms with Gasteiger partial charge in [0.05, 0.1) is 6.54 Å². The molecule has 0 spiro atoms. The number of carbonyl (C=O) groups excluding carboxylic acids is 1. The van der Waals surface area contributed by atoms with E-state index in [1.54, 1.807) is 0 Å². The molecule has 0 aliphatic carbocycles. The lowest BCUT2D eigenvalue weighted by Gasteiger charge is -2.13. The topological polar surface area (TPSA) is 47.6 Å². The molecule has 1 atom stereocenters. The van der Waals surface area contributed by atoms with E-state index in [2.05, 4.69) is 0 Å². The van der Waals surface area contributed by atoms with Crippen molar-refractivity contribution in [2.45, 2.75) is 12.5 Å². The second kappa shape index (κ2) is 5.04. The van der Waals surface area contributed by atoms with Crippen molar-refractivity contribution in [2.75, 3.05) is 13.3 Å². The Morgan fingerprint density at radius 3 is 2.68 bits per heavy atom. The molecule has 0 amide bonds. The summed E-state index contributed by atoms with van der Waals surface area (Å²) in [6, 6.07) is 4.18. The van der Waals surface area contributed by atoms with E-state index in [1.807, 2.05) is 0 Å². The molecule has 0 bridgehead atoms. The molecule has 0 saturated heterocycles. The van der Waals surface area contributed by atoms with Gasteiger partial charge in [-0.3, -0.25) is 10.1 Å². The van der Waals surface area contributed by atoms with Gasteiger partial charge in [-0.25, -0.2) is 4.39 Å². The summed E-state index contributed by atoms with van der Waals surface area (Å²) in [6.07, 6.45) is -8.26. The number of fused-ring (bicyclic) bond motifs is 1.